The van der Waals surface area contributed by atoms with Gasteiger partial charge >= 0.3 is 0 Å². The van der Waals surface area contributed by atoms with Crippen molar-refractivity contribution in [3.8, 4) is 0 Å². The molecule has 0 atom stereocenters. The summed E-state index contributed by atoms with van der Waals surface area (Å²) in [6.07, 6.45) is 0. The summed E-state index contributed by atoms with van der Waals surface area (Å²) in [5.74, 6) is 0. The van der Waals surface area contributed by atoms with Crippen molar-refractivity contribution < 1.29 is 14.8 Å². The van der Waals surface area contributed by atoms with Crippen molar-refractivity contribution in [3.63, 3.8) is 0 Å². The van der Waals surface area contributed by atoms with E-state index in [9.17, 15) is 35.1 Å². The lowest BCUT2D eigenvalue weighted by atomic mass is 9.91. The van der Waals surface area contributed by atoms with Crippen molar-refractivity contribution in [1.29, 1.82) is 0 Å². The summed E-state index contributed by atoms with van der Waals surface area (Å²) in [6.45, 7) is 2.43. The monoisotopic (exact) mass is 336 g/mol. The Balaban J connectivity index is 3.15. The van der Waals surface area contributed by atoms with E-state index >= 15 is 0 Å². The molecule has 1 aromatic heterocycles. The zero-order chi connectivity index (χ0) is 18.4. The van der Waals surface area contributed by atoms with Gasteiger partial charge in [-0.25, -0.2) is 0 Å². The highest BCUT2D eigenvalue weighted by molar-refractivity contribution is 5.93. The van der Waals surface area contributed by atoms with Crippen LogP contribution in [0.15, 0.2) is 23.0 Å². The largest absolute Gasteiger partial charge is 0.305 e. The minimum atomic E-state index is -1.77. The first-order valence-electron chi connectivity index (χ1n) is 6.60. The molecule has 0 radical (unpaired) electrons. The number of non-ortho nitro benzene ring substituents is 2. The normalized spacial score (nSPS) is 11.5. The Morgan fingerprint density at radius 1 is 1.00 bits per heavy atom. The second-order valence-corrected chi connectivity index (χ2v) is 5.65. The Morgan fingerprint density at radius 3 is 2.04 bits per heavy atom. The summed E-state index contributed by atoms with van der Waals surface area (Å²) < 4.78 is 0.941. The summed E-state index contributed by atoms with van der Waals surface area (Å²) in [5.41, 5.74) is -4.05. The van der Waals surface area contributed by atoms with Gasteiger partial charge in [0.1, 0.15) is 5.52 Å². The van der Waals surface area contributed by atoms with E-state index in [1.807, 2.05) is 0 Å². The molecule has 1 aromatic carbocycles. The van der Waals surface area contributed by atoms with E-state index in [0.717, 1.165) is 22.8 Å². The standard InChI is InChI=1S/C13H12N4O7/c1-13(2,17(23)24)9-6-11(18)14(3)12-8(9)4-7(15(19)20)5-10(12)16(21)22/h4-6H,1-3H3. The maximum absolute atomic E-state index is 12.1. The topological polar surface area (TPSA) is 151 Å². The quantitative estimate of drug-likeness (QED) is 0.610. The maximum atomic E-state index is 12.1. The summed E-state index contributed by atoms with van der Waals surface area (Å²) in [7, 11) is 1.26. The number of aromatic nitrogens is 1. The van der Waals surface area contributed by atoms with E-state index in [0.29, 0.717) is 0 Å². The van der Waals surface area contributed by atoms with E-state index < -0.39 is 37.2 Å². The predicted octanol–water partition coefficient (Wildman–Crippen LogP) is 1.87. The fourth-order valence-corrected chi connectivity index (χ4v) is 2.42. The second kappa shape index (κ2) is 5.37. The number of hydrogen-bond acceptors (Lipinski definition) is 7. The Labute approximate surface area is 133 Å². The van der Waals surface area contributed by atoms with Crippen LogP contribution in [0.5, 0.6) is 0 Å². The van der Waals surface area contributed by atoms with Gasteiger partial charge in [-0.3, -0.25) is 35.1 Å². The molecule has 0 aliphatic carbocycles. The molecule has 1 heterocycles. The highest BCUT2D eigenvalue weighted by atomic mass is 16.6. The SMILES string of the molecule is Cn1c(=O)cc(C(C)(C)[N+](=O)[O-])c2cc([N+](=O)[O-])cc([N+](=O)[O-])c21. The highest BCUT2D eigenvalue weighted by Crippen LogP contribution is 2.36. The van der Waals surface area contributed by atoms with E-state index in [4.69, 9.17) is 0 Å². The van der Waals surface area contributed by atoms with Crippen molar-refractivity contribution in [2.75, 3.05) is 0 Å². The van der Waals surface area contributed by atoms with Crippen LogP contribution in [0.25, 0.3) is 10.9 Å². The van der Waals surface area contributed by atoms with E-state index in [1.165, 1.54) is 20.9 Å². The number of fused-ring (bicyclic) bond motifs is 1. The Morgan fingerprint density at radius 2 is 1.58 bits per heavy atom. The number of nitro groups is 3. The highest BCUT2D eigenvalue weighted by Gasteiger charge is 2.37. The van der Waals surface area contributed by atoms with E-state index in [2.05, 4.69) is 0 Å². The number of aryl methyl sites for hydroxylation is 1. The number of hydrogen-bond donors (Lipinski definition) is 0. The Kier molecular flexibility index (Phi) is 3.80. The molecular formula is C13H12N4O7. The van der Waals surface area contributed by atoms with Gasteiger partial charge in [-0.2, -0.15) is 0 Å². The van der Waals surface area contributed by atoms with Gasteiger partial charge in [0.2, 0.25) is 5.54 Å². The number of benzene rings is 1. The Hall–Kier alpha value is -3.37. The molecule has 0 unspecified atom stereocenters. The second-order valence-electron chi connectivity index (χ2n) is 5.65. The maximum Gasteiger partial charge on any atom is 0.300 e. The van der Waals surface area contributed by atoms with Crippen LogP contribution in [-0.2, 0) is 12.6 Å². The molecular weight excluding hydrogens is 324 g/mol. The van der Waals surface area contributed by atoms with Gasteiger partial charge in [-0.1, -0.05) is 0 Å². The van der Waals surface area contributed by atoms with Crippen LogP contribution >= 0.6 is 0 Å². The van der Waals surface area contributed by atoms with E-state index in [1.54, 1.807) is 0 Å². The van der Waals surface area contributed by atoms with Crippen molar-refractivity contribution in [2.24, 2.45) is 7.05 Å². The smallest absolute Gasteiger partial charge is 0.300 e. The molecule has 0 N–H and O–H groups in total. The first-order chi connectivity index (χ1) is 11.0. The molecule has 11 nitrogen and oxygen atoms in total. The number of nitrogens with zero attached hydrogens (tertiary/aromatic N) is 4. The third-order valence-electron chi connectivity index (χ3n) is 3.82. The first kappa shape index (κ1) is 17.0. The summed E-state index contributed by atoms with van der Waals surface area (Å²) >= 11 is 0. The minimum Gasteiger partial charge on any atom is -0.305 e. The van der Waals surface area contributed by atoms with Gasteiger partial charge in [0.15, 0.2) is 0 Å². The number of nitro benzene ring substituents is 2. The molecule has 0 bridgehead atoms. The summed E-state index contributed by atoms with van der Waals surface area (Å²) in [6, 6.07) is 2.70. The minimum absolute atomic E-state index is 0.0836. The lowest BCUT2D eigenvalue weighted by molar-refractivity contribution is -0.569. The van der Waals surface area contributed by atoms with Gasteiger partial charge < -0.3 is 4.57 Å². The molecule has 0 fully saturated rings. The van der Waals surface area contributed by atoms with Crippen LogP contribution in [0.3, 0.4) is 0 Å². The van der Waals surface area contributed by atoms with Crippen molar-refractivity contribution in [3.05, 3.63) is 64.5 Å². The zero-order valence-electron chi connectivity index (χ0n) is 12.9. The van der Waals surface area contributed by atoms with Crippen LogP contribution in [0.1, 0.15) is 19.4 Å². The lowest BCUT2D eigenvalue weighted by Crippen LogP contribution is -2.31. The van der Waals surface area contributed by atoms with Crippen LogP contribution in [0.2, 0.25) is 0 Å². The zero-order valence-corrected chi connectivity index (χ0v) is 12.9. The van der Waals surface area contributed by atoms with Crippen LogP contribution < -0.4 is 5.56 Å². The Bertz CT molecular complexity index is 961. The van der Waals surface area contributed by atoms with Crippen molar-refractivity contribution >= 4 is 22.3 Å². The van der Waals surface area contributed by atoms with Gasteiger partial charge in [0, 0.05) is 48.9 Å². The van der Waals surface area contributed by atoms with Crippen molar-refractivity contribution in [2.45, 2.75) is 19.4 Å². The van der Waals surface area contributed by atoms with Gasteiger partial charge in [-0.05, 0) is 0 Å². The van der Waals surface area contributed by atoms with Gasteiger partial charge in [0.25, 0.3) is 16.9 Å². The first-order valence-corrected chi connectivity index (χ1v) is 6.60. The molecule has 2 aromatic rings. The molecule has 0 amide bonds. The third-order valence-corrected chi connectivity index (χ3v) is 3.82. The molecule has 0 spiro atoms. The molecule has 11 heteroatoms. The van der Waals surface area contributed by atoms with Crippen LogP contribution in [0.4, 0.5) is 11.4 Å². The lowest BCUT2D eigenvalue weighted by Gasteiger charge is -2.19. The molecule has 24 heavy (non-hydrogen) atoms. The van der Waals surface area contributed by atoms with Crippen LogP contribution in [-0.4, -0.2) is 19.3 Å². The van der Waals surface area contributed by atoms with Crippen molar-refractivity contribution in [1.82, 2.24) is 4.57 Å². The average molecular weight is 336 g/mol. The summed E-state index contributed by atoms with van der Waals surface area (Å²) in [5, 5.41) is 33.6. The average Bonchev–Trinajstić information content (AvgIpc) is 2.48. The molecule has 0 saturated carbocycles. The number of rotatable bonds is 4. The third kappa shape index (κ3) is 2.45. The van der Waals surface area contributed by atoms with Crippen LogP contribution in [0, 0.1) is 30.3 Å². The summed E-state index contributed by atoms with van der Waals surface area (Å²) in [4.78, 5) is 43.4. The van der Waals surface area contributed by atoms with E-state index in [-0.39, 0.29) is 16.5 Å². The fraction of sp³-hybridized carbons (Fsp3) is 0.308. The number of pyridine rings is 1. The molecule has 0 saturated heterocycles. The van der Waals surface area contributed by atoms with Gasteiger partial charge in [0.05, 0.1) is 15.9 Å². The van der Waals surface area contributed by atoms with Gasteiger partial charge in [-0.15, -0.1) is 0 Å². The molecule has 126 valence electrons. The predicted molar refractivity (Wildman–Crippen MR) is 82.5 cm³/mol. The molecule has 0 aliphatic rings. The fourth-order valence-electron chi connectivity index (χ4n) is 2.42. The molecule has 0 aliphatic heterocycles. The molecule has 2 rings (SSSR count).